The predicted octanol–water partition coefficient (Wildman–Crippen LogP) is -0.551. The van der Waals surface area contributed by atoms with Gasteiger partial charge in [0.2, 0.25) is 0 Å². The van der Waals surface area contributed by atoms with Gasteiger partial charge in [-0.25, -0.2) is 4.79 Å². The van der Waals surface area contributed by atoms with Crippen LogP contribution in [0.25, 0.3) is 0 Å². The molecule has 0 aromatic carbocycles. The summed E-state index contributed by atoms with van der Waals surface area (Å²) in [6.07, 6.45) is 0.700. The molecule has 0 radical (unpaired) electrons. The van der Waals surface area contributed by atoms with Gasteiger partial charge in [-0.05, 0) is 6.92 Å². The molecule has 0 aliphatic heterocycles. The van der Waals surface area contributed by atoms with Crippen molar-refractivity contribution in [2.24, 2.45) is 11.5 Å². The number of methoxy groups -OCH3 is 1. The highest BCUT2D eigenvalue weighted by atomic mass is 16.5. The average Bonchev–Trinajstić information content (AvgIpc) is 2.16. The molecule has 0 saturated heterocycles. The lowest BCUT2D eigenvalue weighted by Crippen LogP contribution is -2.40. The number of carbonyl (C=O) groups excluding carboxylic acids is 2. The molecule has 0 aromatic heterocycles. The highest BCUT2D eigenvalue weighted by Gasteiger charge is 2.17. The van der Waals surface area contributed by atoms with E-state index < -0.39 is 12.1 Å². The van der Waals surface area contributed by atoms with Gasteiger partial charge in [-0.1, -0.05) is 0 Å². The molecule has 0 spiro atoms. The van der Waals surface area contributed by atoms with Crippen LogP contribution < -0.4 is 16.8 Å². The molecule has 1 amide bonds. The van der Waals surface area contributed by atoms with Crippen molar-refractivity contribution in [3.63, 3.8) is 0 Å². The van der Waals surface area contributed by atoms with Crippen molar-refractivity contribution in [1.29, 1.82) is 0 Å². The van der Waals surface area contributed by atoms with Crippen LogP contribution in [0, 0.1) is 0 Å². The third kappa shape index (κ3) is 4.34. The maximum Gasteiger partial charge on any atom is 0.407 e. The SMILES string of the molecule is COC(=O)N[C@@H](C/C(N)=C/N)C(C)=O. The molecule has 1 atom stereocenters. The molecule has 0 saturated carbocycles. The molecule has 0 heterocycles. The van der Waals surface area contributed by atoms with E-state index in [0.717, 1.165) is 0 Å². The monoisotopic (exact) mass is 201 g/mol. The molecule has 0 unspecified atom stereocenters. The van der Waals surface area contributed by atoms with E-state index in [1.807, 2.05) is 0 Å². The number of rotatable bonds is 4. The molecule has 0 aliphatic carbocycles. The number of nitrogens with two attached hydrogens (primary N) is 2. The highest BCUT2D eigenvalue weighted by molar-refractivity contribution is 5.85. The van der Waals surface area contributed by atoms with Gasteiger partial charge in [0.15, 0.2) is 5.78 Å². The van der Waals surface area contributed by atoms with Gasteiger partial charge in [0, 0.05) is 18.3 Å². The molecule has 80 valence electrons. The molecule has 14 heavy (non-hydrogen) atoms. The summed E-state index contributed by atoms with van der Waals surface area (Å²) < 4.78 is 4.35. The Hall–Kier alpha value is -1.72. The zero-order valence-electron chi connectivity index (χ0n) is 8.24. The molecule has 0 rings (SSSR count). The van der Waals surface area contributed by atoms with Crippen molar-refractivity contribution in [3.05, 3.63) is 11.9 Å². The highest BCUT2D eigenvalue weighted by Crippen LogP contribution is 2.00. The first-order chi connectivity index (χ1) is 6.51. The fourth-order valence-corrected chi connectivity index (χ4v) is 0.801. The smallest absolute Gasteiger partial charge is 0.407 e. The molecular weight excluding hydrogens is 186 g/mol. The van der Waals surface area contributed by atoms with E-state index in [2.05, 4.69) is 10.1 Å². The van der Waals surface area contributed by atoms with Gasteiger partial charge in [-0.2, -0.15) is 0 Å². The Labute approximate surface area is 82.3 Å². The summed E-state index contributed by atoms with van der Waals surface area (Å²) in [4.78, 5) is 21.9. The number of Topliss-reactive ketones (excluding diaryl/α,β-unsaturated/α-hetero) is 1. The largest absolute Gasteiger partial charge is 0.453 e. The van der Waals surface area contributed by atoms with Crippen molar-refractivity contribution < 1.29 is 14.3 Å². The third-order valence-electron chi connectivity index (χ3n) is 1.62. The Bertz CT molecular complexity index is 250. The molecule has 6 nitrogen and oxygen atoms in total. The zero-order valence-corrected chi connectivity index (χ0v) is 8.24. The Kier molecular flexibility index (Phi) is 5.13. The topological polar surface area (TPSA) is 107 Å². The van der Waals surface area contributed by atoms with Crippen LogP contribution in [0.1, 0.15) is 13.3 Å². The van der Waals surface area contributed by atoms with Crippen LogP contribution in [0.3, 0.4) is 0 Å². The number of alkyl carbamates (subject to hydrolysis) is 1. The van der Waals surface area contributed by atoms with E-state index in [1.54, 1.807) is 0 Å². The van der Waals surface area contributed by atoms with Crippen molar-refractivity contribution in [2.45, 2.75) is 19.4 Å². The molecular formula is C8H15N3O3. The van der Waals surface area contributed by atoms with Crippen LogP contribution >= 0.6 is 0 Å². The van der Waals surface area contributed by atoms with Gasteiger partial charge in [0.1, 0.15) is 0 Å². The first-order valence-electron chi connectivity index (χ1n) is 4.02. The Morgan fingerprint density at radius 3 is 2.50 bits per heavy atom. The maximum atomic E-state index is 11.1. The molecule has 5 N–H and O–H groups in total. The van der Waals surface area contributed by atoms with Gasteiger partial charge in [0.05, 0.1) is 13.2 Å². The normalized spacial score (nSPS) is 13.1. The van der Waals surface area contributed by atoms with Gasteiger partial charge in [-0.3, -0.25) is 4.79 Å². The Balaban J connectivity index is 4.31. The lowest BCUT2D eigenvalue weighted by Gasteiger charge is -2.14. The zero-order chi connectivity index (χ0) is 11.1. The summed E-state index contributed by atoms with van der Waals surface area (Å²) in [6, 6.07) is -0.692. The van der Waals surface area contributed by atoms with Crippen LogP contribution in [0.5, 0.6) is 0 Å². The second-order valence-electron chi connectivity index (χ2n) is 2.74. The second-order valence-corrected chi connectivity index (χ2v) is 2.74. The first kappa shape index (κ1) is 12.3. The van der Waals surface area contributed by atoms with Crippen molar-refractivity contribution >= 4 is 11.9 Å². The van der Waals surface area contributed by atoms with Gasteiger partial charge >= 0.3 is 6.09 Å². The van der Waals surface area contributed by atoms with Crippen LogP contribution in [0.2, 0.25) is 0 Å². The van der Waals surface area contributed by atoms with Gasteiger partial charge in [-0.15, -0.1) is 0 Å². The van der Waals surface area contributed by atoms with E-state index in [4.69, 9.17) is 11.5 Å². The Morgan fingerprint density at radius 1 is 1.57 bits per heavy atom. The van der Waals surface area contributed by atoms with Crippen LogP contribution in [0.15, 0.2) is 11.9 Å². The number of amides is 1. The van der Waals surface area contributed by atoms with E-state index in [-0.39, 0.29) is 12.2 Å². The summed E-state index contributed by atoms with van der Waals surface area (Å²) in [7, 11) is 1.22. The van der Waals surface area contributed by atoms with E-state index in [9.17, 15) is 9.59 Å². The summed E-state index contributed by atoms with van der Waals surface area (Å²) in [6.45, 7) is 1.35. The van der Waals surface area contributed by atoms with Crippen molar-refractivity contribution in [2.75, 3.05) is 7.11 Å². The van der Waals surface area contributed by atoms with Crippen LogP contribution in [0.4, 0.5) is 4.79 Å². The van der Waals surface area contributed by atoms with Gasteiger partial charge in [0.25, 0.3) is 0 Å². The van der Waals surface area contributed by atoms with E-state index >= 15 is 0 Å². The standard InChI is InChI=1S/C8H15N3O3/c1-5(12)7(3-6(10)4-9)11-8(13)14-2/h4,7H,3,9-10H2,1-2H3,(H,11,13)/b6-4-/t7-/m0/s1. The lowest BCUT2D eigenvalue weighted by atomic mass is 10.1. The number of hydrogen-bond acceptors (Lipinski definition) is 5. The molecule has 0 aliphatic rings. The second kappa shape index (κ2) is 5.85. The maximum absolute atomic E-state index is 11.1. The number of ether oxygens (including phenoxy) is 1. The van der Waals surface area contributed by atoms with Crippen LogP contribution in [-0.2, 0) is 9.53 Å². The molecule has 0 bridgehead atoms. The minimum absolute atomic E-state index is 0.181. The van der Waals surface area contributed by atoms with Crippen LogP contribution in [-0.4, -0.2) is 25.0 Å². The minimum atomic E-state index is -0.692. The molecule has 0 fully saturated rings. The minimum Gasteiger partial charge on any atom is -0.453 e. The number of carbonyl (C=O) groups is 2. The fourth-order valence-electron chi connectivity index (χ4n) is 0.801. The van der Waals surface area contributed by atoms with Gasteiger partial charge < -0.3 is 21.5 Å². The lowest BCUT2D eigenvalue weighted by molar-refractivity contribution is -0.118. The summed E-state index contributed by atoms with van der Waals surface area (Å²) in [5.41, 5.74) is 10.9. The summed E-state index contributed by atoms with van der Waals surface area (Å²) in [5.74, 6) is -0.208. The quantitative estimate of drug-likeness (QED) is 0.565. The third-order valence-corrected chi connectivity index (χ3v) is 1.62. The predicted molar refractivity (Wildman–Crippen MR) is 51.1 cm³/mol. The van der Waals surface area contributed by atoms with Crippen molar-refractivity contribution in [1.82, 2.24) is 5.32 Å². The summed E-state index contributed by atoms with van der Waals surface area (Å²) >= 11 is 0. The first-order valence-corrected chi connectivity index (χ1v) is 4.02. The Morgan fingerprint density at radius 2 is 2.14 bits per heavy atom. The van der Waals surface area contributed by atoms with Crippen molar-refractivity contribution in [3.8, 4) is 0 Å². The average molecular weight is 201 g/mol. The number of hydrogen-bond donors (Lipinski definition) is 3. The number of nitrogens with one attached hydrogen (secondary N) is 1. The molecule has 0 aromatic rings. The van der Waals surface area contributed by atoms with E-state index in [0.29, 0.717) is 5.70 Å². The molecule has 6 heteroatoms. The number of ketones is 1. The fraction of sp³-hybridized carbons (Fsp3) is 0.500. The van der Waals surface area contributed by atoms with E-state index in [1.165, 1.54) is 20.2 Å². The summed E-state index contributed by atoms with van der Waals surface area (Å²) in [5, 5.41) is 2.34.